The van der Waals surface area contributed by atoms with Gasteiger partial charge >= 0.3 is 0 Å². The van der Waals surface area contributed by atoms with Crippen LogP contribution in [0.25, 0.3) is 11.1 Å². The minimum absolute atomic E-state index is 0.329. The van der Waals surface area contributed by atoms with Crippen LogP contribution in [0, 0.1) is 6.92 Å². The summed E-state index contributed by atoms with van der Waals surface area (Å²) in [6, 6.07) is 5.90. The van der Waals surface area contributed by atoms with Crippen LogP contribution in [0.5, 0.6) is 5.75 Å². The number of phenols is 1. The molecule has 84 valence electrons. The second-order valence-corrected chi connectivity index (χ2v) is 4.25. The van der Waals surface area contributed by atoms with Crippen LogP contribution in [0.15, 0.2) is 30.6 Å². The topological polar surface area (TPSA) is 38.1 Å². The van der Waals surface area contributed by atoms with E-state index in [2.05, 4.69) is 18.9 Å². The van der Waals surface area contributed by atoms with Gasteiger partial charge in [-0.15, -0.1) is 0 Å². The molecule has 0 saturated carbocycles. The van der Waals surface area contributed by atoms with Crippen molar-refractivity contribution in [1.29, 1.82) is 0 Å². The average molecular weight is 216 g/mol. The number of hydrogen-bond acceptors (Lipinski definition) is 2. The highest BCUT2D eigenvalue weighted by molar-refractivity contribution is 5.68. The fourth-order valence-corrected chi connectivity index (χ4v) is 1.70. The van der Waals surface area contributed by atoms with Gasteiger partial charge < -0.3 is 5.11 Å². The highest BCUT2D eigenvalue weighted by Crippen LogP contribution is 2.29. The summed E-state index contributed by atoms with van der Waals surface area (Å²) in [6.45, 7) is 6.09. The summed E-state index contributed by atoms with van der Waals surface area (Å²) >= 11 is 0. The van der Waals surface area contributed by atoms with Gasteiger partial charge in [0.15, 0.2) is 0 Å². The van der Waals surface area contributed by atoms with E-state index in [0.717, 1.165) is 16.7 Å². The Labute approximate surface area is 95.3 Å². The average Bonchev–Trinajstić information content (AvgIpc) is 2.71. The number of rotatable bonds is 2. The first kappa shape index (κ1) is 10.7. The van der Waals surface area contributed by atoms with Crippen molar-refractivity contribution in [3.63, 3.8) is 0 Å². The summed E-state index contributed by atoms with van der Waals surface area (Å²) in [7, 11) is 0. The molecule has 0 saturated heterocycles. The maximum absolute atomic E-state index is 9.65. The van der Waals surface area contributed by atoms with Crippen molar-refractivity contribution < 1.29 is 5.11 Å². The molecule has 0 unspecified atom stereocenters. The van der Waals surface area contributed by atoms with E-state index in [4.69, 9.17) is 0 Å². The van der Waals surface area contributed by atoms with E-state index in [1.165, 1.54) is 0 Å². The molecule has 0 aliphatic carbocycles. The van der Waals surface area contributed by atoms with Crippen molar-refractivity contribution in [2.75, 3.05) is 0 Å². The van der Waals surface area contributed by atoms with E-state index in [9.17, 15) is 5.11 Å². The molecule has 0 spiro atoms. The van der Waals surface area contributed by atoms with Gasteiger partial charge in [0.1, 0.15) is 5.75 Å². The zero-order valence-electron chi connectivity index (χ0n) is 9.81. The molecule has 0 aliphatic rings. The summed E-state index contributed by atoms with van der Waals surface area (Å²) in [5.74, 6) is 0.329. The zero-order valence-corrected chi connectivity index (χ0v) is 9.81. The van der Waals surface area contributed by atoms with Crippen LogP contribution in [-0.2, 0) is 0 Å². The third-order valence-corrected chi connectivity index (χ3v) is 2.75. The van der Waals surface area contributed by atoms with Crippen LogP contribution in [0.3, 0.4) is 0 Å². The lowest BCUT2D eigenvalue weighted by Gasteiger charge is -2.05. The molecule has 0 amide bonds. The van der Waals surface area contributed by atoms with Crippen molar-refractivity contribution in [2.24, 2.45) is 0 Å². The Kier molecular flexibility index (Phi) is 2.69. The van der Waals surface area contributed by atoms with Gasteiger partial charge in [-0.05, 0) is 38.0 Å². The highest BCUT2D eigenvalue weighted by Gasteiger charge is 2.08. The second-order valence-electron chi connectivity index (χ2n) is 4.25. The Morgan fingerprint density at radius 3 is 2.69 bits per heavy atom. The van der Waals surface area contributed by atoms with Crippen molar-refractivity contribution in [1.82, 2.24) is 9.78 Å². The Bertz CT molecular complexity index is 500. The maximum Gasteiger partial charge on any atom is 0.119 e. The van der Waals surface area contributed by atoms with Crippen molar-refractivity contribution in [2.45, 2.75) is 26.8 Å². The predicted octanol–water partition coefficient (Wildman–Crippen LogP) is 3.15. The van der Waals surface area contributed by atoms with Crippen LogP contribution in [0.1, 0.15) is 25.5 Å². The summed E-state index contributed by atoms with van der Waals surface area (Å²) in [5.41, 5.74) is 2.97. The van der Waals surface area contributed by atoms with Crippen LogP contribution < -0.4 is 0 Å². The molecule has 1 heterocycles. The Balaban J connectivity index is 2.47. The molecule has 3 nitrogen and oxygen atoms in total. The Hall–Kier alpha value is -1.77. The number of nitrogens with zero attached hydrogens (tertiary/aromatic N) is 2. The molecule has 0 fully saturated rings. The first-order chi connectivity index (χ1) is 7.59. The third kappa shape index (κ3) is 1.81. The molecular weight excluding hydrogens is 200 g/mol. The minimum atomic E-state index is 0.329. The molecule has 0 aliphatic heterocycles. The van der Waals surface area contributed by atoms with Crippen LogP contribution in [-0.4, -0.2) is 14.9 Å². The van der Waals surface area contributed by atoms with Gasteiger partial charge in [-0.25, -0.2) is 0 Å². The first-order valence-corrected chi connectivity index (χ1v) is 5.42. The van der Waals surface area contributed by atoms with Crippen LogP contribution in [0.4, 0.5) is 0 Å². The number of hydrogen-bond donors (Lipinski definition) is 1. The van der Waals surface area contributed by atoms with Crippen molar-refractivity contribution >= 4 is 0 Å². The number of aromatic hydroxyl groups is 1. The van der Waals surface area contributed by atoms with E-state index in [-0.39, 0.29) is 0 Å². The molecular formula is C13H16N2O. The molecule has 1 aromatic carbocycles. The van der Waals surface area contributed by atoms with Crippen molar-refractivity contribution in [3.05, 3.63) is 36.2 Å². The monoisotopic (exact) mass is 216 g/mol. The molecule has 3 heteroatoms. The first-order valence-electron chi connectivity index (χ1n) is 5.42. The summed E-state index contributed by atoms with van der Waals surface area (Å²) in [6.07, 6.45) is 3.84. The SMILES string of the molecule is Cc1c(O)cccc1-c1cnn(C(C)C)c1. The fraction of sp³-hybridized carbons (Fsp3) is 0.308. The van der Waals surface area contributed by atoms with Gasteiger partial charge in [-0.2, -0.15) is 5.10 Å². The molecule has 1 N–H and O–H groups in total. The largest absolute Gasteiger partial charge is 0.508 e. The van der Waals surface area contributed by atoms with E-state index in [1.807, 2.05) is 36.1 Å². The maximum atomic E-state index is 9.65. The zero-order chi connectivity index (χ0) is 11.7. The molecule has 2 aromatic rings. The molecule has 0 atom stereocenters. The lowest BCUT2D eigenvalue weighted by atomic mass is 10.0. The van der Waals surface area contributed by atoms with Gasteiger partial charge in [-0.3, -0.25) is 4.68 Å². The smallest absolute Gasteiger partial charge is 0.119 e. The van der Waals surface area contributed by atoms with Gasteiger partial charge in [0.2, 0.25) is 0 Å². The van der Waals surface area contributed by atoms with Crippen LogP contribution >= 0.6 is 0 Å². The van der Waals surface area contributed by atoms with Gasteiger partial charge in [0.25, 0.3) is 0 Å². The van der Waals surface area contributed by atoms with E-state index in [0.29, 0.717) is 11.8 Å². The quantitative estimate of drug-likeness (QED) is 0.837. The van der Waals surface area contributed by atoms with E-state index < -0.39 is 0 Å². The van der Waals surface area contributed by atoms with Gasteiger partial charge in [-0.1, -0.05) is 12.1 Å². The standard InChI is InChI=1S/C13H16N2O/c1-9(2)15-8-11(7-14-15)12-5-4-6-13(16)10(12)3/h4-9,16H,1-3H3. The molecule has 0 radical (unpaired) electrons. The molecule has 16 heavy (non-hydrogen) atoms. The van der Waals surface area contributed by atoms with Crippen LogP contribution in [0.2, 0.25) is 0 Å². The van der Waals surface area contributed by atoms with E-state index >= 15 is 0 Å². The van der Waals surface area contributed by atoms with Crippen molar-refractivity contribution in [3.8, 4) is 16.9 Å². The lowest BCUT2D eigenvalue weighted by Crippen LogP contribution is -1.99. The summed E-state index contributed by atoms with van der Waals surface area (Å²) < 4.78 is 1.92. The second kappa shape index (κ2) is 4.00. The molecule has 2 rings (SSSR count). The van der Waals surface area contributed by atoms with E-state index in [1.54, 1.807) is 6.07 Å². The predicted molar refractivity (Wildman–Crippen MR) is 64.4 cm³/mol. The highest BCUT2D eigenvalue weighted by atomic mass is 16.3. The molecule has 1 aromatic heterocycles. The number of phenolic OH excluding ortho intramolecular Hbond substituents is 1. The summed E-state index contributed by atoms with van der Waals surface area (Å²) in [5, 5.41) is 13.9. The Morgan fingerprint density at radius 2 is 2.06 bits per heavy atom. The fourth-order valence-electron chi connectivity index (χ4n) is 1.70. The number of aromatic nitrogens is 2. The van der Waals surface area contributed by atoms with Gasteiger partial charge in [0, 0.05) is 17.8 Å². The summed E-state index contributed by atoms with van der Waals surface area (Å²) in [4.78, 5) is 0. The lowest BCUT2D eigenvalue weighted by molar-refractivity contribution is 0.471. The van der Waals surface area contributed by atoms with Gasteiger partial charge in [0.05, 0.1) is 6.20 Å². The third-order valence-electron chi connectivity index (χ3n) is 2.75. The normalized spacial score (nSPS) is 11.0. The minimum Gasteiger partial charge on any atom is -0.508 e. The molecule has 0 bridgehead atoms. The number of benzene rings is 1. The Morgan fingerprint density at radius 1 is 1.31 bits per heavy atom.